The maximum absolute atomic E-state index is 12.1. The van der Waals surface area contributed by atoms with Crippen LogP contribution >= 0.6 is 0 Å². The molecule has 0 fully saturated rings. The summed E-state index contributed by atoms with van der Waals surface area (Å²) in [5, 5.41) is 0.628. The van der Waals surface area contributed by atoms with Crippen molar-refractivity contribution < 1.29 is 13.2 Å². The van der Waals surface area contributed by atoms with E-state index in [0.717, 1.165) is 0 Å². The smallest absolute Gasteiger partial charge is 0.241 e. The number of amides is 1. The quantitative estimate of drug-likeness (QED) is 0.440. The molecular formula is C12H15N5O3S. The lowest BCUT2D eigenvalue weighted by atomic mass is 10.2. The highest BCUT2D eigenvalue weighted by atomic mass is 32.2. The summed E-state index contributed by atoms with van der Waals surface area (Å²) >= 11 is 0. The van der Waals surface area contributed by atoms with Crippen molar-refractivity contribution in [2.75, 3.05) is 5.43 Å². The van der Waals surface area contributed by atoms with Crippen LogP contribution in [0.5, 0.6) is 0 Å². The normalized spacial score (nSPS) is 13.0. The first-order chi connectivity index (χ1) is 9.83. The van der Waals surface area contributed by atoms with Gasteiger partial charge in [-0.3, -0.25) is 4.79 Å². The zero-order valence-corrected chi connectivity index (χ0v) is 12.0. The van der Waals surface area contributed by atoms with Crippen molar-refractivity contribution in [1.29, 1.82) is 0 Å². The van der Waals surface area contributed by atoms with E-state index in [4.69, 9.17) is 11.6 Å². The van der Waals surface area contributed by atoms with Crippen molar-refractivity contribution in [3.63, 3.8) is 0 Å². The van der Waals surface area contributed by atoms with Crippen LogP contribution in [0.2, 0.25) is 0 Å². The predicted molar refractivity (Wildman–Crippen MR) is 78.5 cm³/mol. The Morgan fingerprint density at radius 3 is 2.62 bits per heavy atom. The second-order valence-electron chi connectivity index (χ2n) is 4.44. The predicted octanol–water partition coefficient (Wildman–Crippen LogP) is -0.327. The highest BCUT2D eigenvalue weighted by molar-refractivity contribution is 7.89. The number of primary amides is 1. The first kappa shape index (κ1) is 15.2. The summed E-state index contributed by atoms with van der Waals surface area (Å²) in [6.07, 6.45) is 0. The van der Waals surface area contributed by atoms with Gasteiger partial charge in [0.15, 0.2) is 0 Å². The van der Waals surface area contributed by atoms with Gasteiger partial charge in [0.25, 0.3) is 0 Å². The number of carbonyl (C=O) groups excluding carboxylic acids is 1. The summed E-state index contributed by atoms with van der Waals surface area (Å²) in [7, 11) is -3.83. The molecule has 8 nitrogen and oxygen atoms in total. The molecule has 1 unspecified atom stereocenters. The van der Waals surface area contributed by atoms with Gasteiger partial charge >= 0.3 is 0 Å². The maximum atomic E-state index is 12.1. The number of nitrogens with two attached hydrogens (primary N) is 2. The van der Waals surface area contributed by atoms with Crippen LogP contribution in [0, 0.1) is 0 Å². The largest absolute Gasteiger partial charge is 0.368 e. The van der Waals surface area contributed by atoms with Gasteiger partial charge in [0.2, 0.25) is 15.9 Å². The van der Waals surface area contributed by atoms with Gasteiger partial charge in [-0.15, -0.1) is 0 Å². The SMILES string of the molecule is CC(NS(=O)(=O)c1ccc2nc(NN)ccc2c1)C(N)=O. The van der Waals surface area contributed by atoms with Crippen LogP contribution in [0.3, 0.4) is 0 Å². The number of nitrogens with zero attached hydrogens (tertiary/aromatic N) is 1. The van der Waals surface area contributed by atoms with Gasteiger partial charge in [-0.05, 0) is 37.3 Å². The van der Waals surface area contributed by atoms with Crippen LogP contribution in [-0.4, -0.2) is 25.4 Å². The summed E-state index contributed by atoms with van der Waals surface area (Å²) < 4.78 is 26.5. The van der Waals surface area contributed by atoms with Gasteiger partial charge in [0, 0.05) is 5.39 Å². The summed E-state index contributed by atoms with van der Waals surface area (Å²) in [6.45, 7) is 1.38. The number of fused-ring (bicyclic) bond motifs is 1. The molecule has 1 atom stereocenters. The molecule has 2 rings (SSSR count). The Bertz CT molecular complexity index is 791. The fourth-order valence-corrected chi connectivity index (χ4v) is 2.96. The third-order valence-electron chi connectivity index (χ3n) is 2.88. The Balaban J connectivity index is 2.40. The van der Waals surface area contributed by atoms with Crippen LogP contribution in [0.4, 0.5) is 5.82 Å². The number of aromatic nitrogens is 1. The molecule has 1 aromatic heterocycles. The van der Waals surface area contributed by atoms with E-state index in [2.05, 4.69) is 15.1 Å². The Labute approximate surface area is 121 Å². The van der Waals surface area contributed by atoms with Crippen LogP contribution in [0.15, 0.2) is 35.2 Å². The first-order valence-corrected chi connectivity index (χ1v) is 7.51. The standard InChI is InChI=1S/C12H15N5O3S/c1-7(12(13)18)17-21(19,20)9-3-4-10-8(6-9)2-5-11(15-10)16-14/h2-7,17H,14H2,1H3,(H2,13,18)(H,15,16). The molecule has 2 aromatic rings. The van der Waals surface area contributed by atoms with Crippen molar-refractivity contribution in [2.45, 2.75) is 17.9 Å². The van der Waals surface area contributed by atoms with Crippen molar-refractivity contribution in [3.8, 4) is 0 Å². The number of carbonyl (C=O) groups is 1. The Morgan fingerprint density at radius 2 is 2.00 bits per heavy atom. The lowest BCUT2D eigenvalue weighted by Gasteiger charge is -2.11. The Morgan fingerprint density at radius 1 is 1.29 bits per heavy atom. The molecule has 1 amide bonds. The minimum atomic E-state index is -3.83. The molecule has 21 heavy (non-hydrogen) atoms. The van der Waals surface area contributed by atoms with E-state index in [0.29, 0.717) is 16.7 Å². The van der Waals surface area contributed by atoms with Gasteiger partial charge in [0.05, 0.1) is 16.5 Å². The lowest BCUT2D eigenvalue weighted by molar-refractivity contribution is -0.119. The minimum absolute atomic E-state index is 0.0263. The number of sulfonamides is 1. The number of anilines is 1. The van der Waals surface area contributed by atoms with Gasteiger partial charge in [-0.1, -0.05) is 0 Å². The van der Waals surface area contributed by atoms with Crippen LogP contribution in [-0.2, 0) is 14.8 Å². The third kappa shape index (κ3) is 3.27. The first-order valence-electron chi connectivity index (χ1n) is 6.02. The van der Waals surface area contributed by atoms with E-state index in [-0.39, 0.29) is 4.90 Å². The molecule has 0 saturated heterocycles. The number of pyridine rings is 1. The van der Waals surface area contributed by atoms with E-state index < -0.39 is 22.0 Å². The average Bonchev–Trinajstić information content (AvgIpc) is 2.45. The molecule has 9 heteroatoms. The number of nitrogens with one attached hydrogen (secondary N) is 2. The molecule has 1 aromatic carbocycles. The van der Waals surface area contributed by atoms with Gasteiger partial charge in [-0.25, -0.2) is 19.2 Å². The highest BCUT2D eigenvalue weighted by Crippen LogP contribution is 2.19. The second-order valence-corrected chi connectivity index (χ2v) is 6.15. The fourth-order valence-electron chi connectivity index (χ4n) is 1.71. The third-order valence-corrected chi connectivity index (χ3v) is 4.42. The topological polar surface area (TPSA) is 140 Å². The number of hydrogen-bond acceptors (Lipinski definition) is 6. The summed E-state index contributed by atoms with van der Waals surface area (Å²) in [5.41, 5.74) is 8.05. The maximum Gasteiger partial charge on any atom is 0.241 e. The van der Waals surface area contributed by atoms with E-state index in [1.54, 1.807) is 18.2 Å². The van der Waals surface area contributed by atoms with Gasteiger partial charge < -0.3 is 11.2 Å². The molecule has 0 aliphatic carbocycles. The van der Waals surface area contributed by atoms with Crippen molar-refractivity contribution in [1.82, 2.24) is 9.71 Å². The second kappa shape index (κ2) is 5.64. The molecule has 1 heterocycles. The summed E-state index contributed by atoms with van der Waals surface area (Å²) in [4.78, 5) is 15.2. The van der Waals surface area contributed by atoms with Crippen molar-refractivity contribution in [2.24, 2.45) is 11.6 Å². The van der Waals surface area contributed by atoms with Crippen molar-refractivity contribution in [3.05, 3.63) is 30.3 Å². The molecule has 6 N–H and O–H groups in total. The Hall–Kier alpha value is -2.23. The van der Waals surface area contributed by atoms with E-state index in [1.165, 1.54) is 19.1 Å². The number of hydrogen-bond donors (Lipinski definition) is 4. The number of nitrogen functional groups attached to an aromatic ring is 1. The fraction of sp³-hybridized carbons (Fsp3) is 0.167. The zero-order chi connectivity index (χ0) is 15.6. The average molecular weight is 309 g/mol. The number of hydrazine groups is 1. The lowest BCUT2D eigenvalue weighted by Crippen LogP contribution is -2.42. The molecule has 0 aliphatic rings. The molecule has 0 saturated carbocycles. The zero-order valence-electron chi connectivity index (χ0n) is 11.2. The van der Waals surface area contributed by atoms with E-state index >= 15 is 0 Å². The van der Waals surface area contributed by atoms with E-state index in [1.807, 2.05) is 0 Å². The molecule has 112 valence electrons. The van der Waals surface area contributed by atoms with E-state index in [9.17, 15) is 13.2 Å². The van der Waals surface area contributed by atoms with Crippen molar-refractivity contribution >= 4 is 32.7 Å². The monoisotopic (exact) mass is 309 g/mol. The van der Waals surface area contributed by atoms with Gasteiger partial charge in [0.1, 0.15) is 5.82 Å². The molecule has 0 spiro atoms. The minimum Gasteiger partial charge on any atom is -0.368 e. The molecule has 0 aliphatic heterocycles. The number of rotatable bonds is 5. The van der Waals surface area contributed by atoms with Crippen LogP contribution in [0.25, 0.3) is 10.9 Å². The van der Waals surface area contributed by atoms with Crippen LogP contribution < -0.4 is 21.7 Å². The molecule has 0 radical (unpaired) electrons. The molecular weight excluding hydrogens is 294 g/mol. The Kier molecular flexibility index (Phi) is 4.07. The highest BCUT2D eigenvalue weighted by Gasteiger charge is 2.20. The van der Waals surface area contributed by atoms with Crippen LogP contribution in [0.1, 0.15) is 6.92 Å². The molecule has 0 bridgehead atoms. The number of benzene rings is 1. The summed E-state index contributed by atoms with van der Waals surface area (Å²) in [5.74, 6) is 4.98. The summed E-state index contributed by atoms with van der Waals surface area (Å²) in [6, 6.07) is 6.73. The van der Waals surface area contributed by atoms with Gasteiger partial charge in [-0.2, -0.15) is 4.72 Å².